The van der Waals surface area contributed by atoms with E-state index in [2.05, 4.69) is 9.24 Å². The van der Waals surface area contributed by atoms with E-state index in [-0.39, 0.29) is 11.7 Å². The predicted molar refractivity (Wildman–Crippen MR) is 65.3 cm³/mol. The highest BCUT2D eigenvalue weighted by atomic mass is 31.0. The molecule has 0 aliphatic carbocycles. The summed E-state index contributed by atoms with van der Waals surface area (Å²) in [4.78, 5) is 0. The van der Waals surface area contributed by atoms with Crippen molar-refractivity contribution in [3.05, 3.63) is 16.9 Å². The molecule has 4 heteroatoms. The maximum absolute atomic E-state index is 13.6. The van der Waals surface area contributed by atoms with E-state index in [9.17, 15) is 4.39 Å². The molecule has 14 heavy (non-hydrogen) atoms. The zero-order valence-electron chi connectivity index (χ0n) is 8.69. The van der Waals surface area contributed by atoms with Gasteiger partial charge in [0.05, 0.1) is 0 Å². The van der Waals surface area contributed by atoms with Crippen LogP contribution in [0, 0.1) is 12.7 Å². The molecule has 0 aliphatic heterocycles. The summed E-state index contributed by atoms with van der Waals surface area (Å²) in [6.07, 6.45) is 0. The average Bonchev–Trinajstić information content (AvgIpc) is 2.11. The van der Waals surface area contributed by atoms with E-state index >= 15 is 0 Å². The topological polar surface area (TPSA) is 0 Å². The first-order valence-electron chi connectivity index (χ1n) is 4.50. The van der Waals surface area contributed by atoms with Gasteiger partial charge in [-0.3, -0.25) is 0 Å². The second-order valence-electron chi connectivity index (χ2n) is 3.75. The van der Waals surface area contributed by atoms with Crippen molar-refractivity contribution in [3.63, 3.8) is 0 Å². The molecule has 70 valence electrons. The fourth-order valence-electron chi connectivity index (χ4n) is 1.55. The standard InChI is InChI=1S/C10H12B2FP/c1-4(2)6-8(12)7(11)5(3)9(13)10(6)14/h4H,14H2,1-3H3. The highest BCUT2D eigenvalue weighted by Crippen LogP contribution is 2.14. The zero-order valence-corrected chi connectivity index (χ0v) is 9.84. The molecule has 0 aliphatic rings. The second kappa shape index (κ2) is 4.06. The Kier molecular flexibility index (Phi) is 3.42. The van der Waals surface area contributed by atoms with Crippen LogP contribution in [0.25, 0.3) is 0 Å². The maximum atomic E-state index is 13.6. The quantitative estimate of drug-likeness (QED) is 0.457. The van der Waals surface area contributed by atoms with Gasteiger partial charge in [-0.05, 0) is 24.0 Å². The van der Waals surface area contributed by atoms with Crippen molar-refractivity contribution in [2.75, 3.05) is 0 Å². The van der Waals surface area contributed by atoms with Crippen molar-refractivity contribution >= 4 is 41.2 Å². The molecule has 1 atom stereocenters. The number of hydrogen-bond acceptors (Lipinski definition) is 0. The SMILES string of the molecule is [B]c1c([B])c(C(C)C)c(P)c(F)c1C. The number of halogens is 1. The van der Waals surface area contributed by atoms with Crippen LogP contribution in [-0.4, -0.2) is 15.7 Å². The smallest absolute Gasteiger partial charge is 0.132 e. The van der Waals surface area contributed by atoms with Gasteiger partial charge in [0, 0.05) is 5.30 Å². The van der Waals surface area contributed by atoms with Crippen LogP contribution in [0.15, 0.2) is 0 Å². The van der Waals surface area contributed by atoms with Gasteiger partial charge in [0.2, 0.25) is 0 Å². The summed E-state index contributed by atoms with van der Waals surface area (Å²) in [6.45, 7) is 5.57. The highest BCUT2D eigenvalue weighted by Gasteiger charge is 2.15. The molecule has 0 nitrogen and oxygen atoms in total. The van der Waals surface area contributed by atoms with E-state index in [4.69, 9.17) is 15.7 Å². The third-order valence-electron chi connectivity index (χ3n) is 2.42. The lowest BCUT2D eigenvalue weighted by Crippen LogP contribution is -2.38. The van der Waals surface area contributed by atoms with Gasteiger partial charge in [-0.1, -0.05) is 24.8 Å². The molecule has 0 heterocycles. The molecule has 0 saturated heterocycles. The Labute approximate surface area is 89.7 Å². The second-order valence-corrected chi connectivity index (χ2v) is 4.33. The Balaban J connectivity index is 3.60. The molecule has 0 aromatic heterocycles. The van der Waals surface area contributed by atoms with E-state index < -0.39 is 0 Å². The van der Waals surface area contributed by atoms with Crippen LogP contribution >= 0.6 is 9.24 Å². The molecule has 0 spiro atoms. The number of hydrogen-bond donors (Lipinski definition) is 0. The van der Waals surface area contributed by atoms with Crippen LogP contribution in [0.3, 0.4) is 0 Å². The van der Waals surface area contributed by atoms with Crippen LogP contribution in [0.2, 0.25) is 0 Å². The summed E-state index contributed by atoms with van der Waals surface area (Å²) in [7, 11) is 14.0. The summed E-state index contributed by atoms with van der Waals surface area (Å²) in [5, 5.41) is 0.532. The molecular formula is C10H12B2FP. The van der Waals surface area contributed by atoms with E-state index in [0.717, 1.165) is 5.56 Å². The fraction of sp³-hybridized carbons (Fsp3) is 0.400. The minimum absolute atomic E-state index is 0.167. The van der Waals surface area contributed by atoms with E-state index in [1.165, 1.54) is 0 Å². The fourth-order valence-corrected chi connectivity index (χ4v) is 2.26. The van der Waals surface area contributed by atoms with Gasteiger partial charge in [-0.2, -0.15) is 0 Å². The lowest BCUT2D eigenvalue weighted by atomic mass is 9.73. The average molecular weight is 204 g/mol. The third kappa shape index (κ3) is 1.75. The van der Waals surface area contributed by atoms with Gasteiger partial charge in [0.25, 0.3) is 0 Å². The molecule has 1 aromatic rings. The molecule has 0 saturated carbocycles. The van der Waals surface area contributed by atoms with Gasteiger partial charge in [0.15, 0.2) is 0 Å². The van der Waals surface area contributed by atoms with Gasteiger partial charge in [0.1, 0.15) is 21.5 Å². The van der Waals surface area contributed by atoms with E-state index in [1.807, 2.05) is 13.8 Å². The minimum atomic E-state index is -0.273. The molecular weight excluding hydrogens is 192 g/mol. The maximum Gasteiger partial charge on any atom is 0.132 e. The Morgan fingerprint density at radius 3 is 2.14 bits per heavy atom. The summed E-state index contributed by atoms with van der Waals surface area (Å²) in [5.74, 6) is -0.106. The lowest BCUT2D eigenvalue weighted by Gasteiger charge is -2.19. The van der Waals surface area contributed by atoms with E-state index in [1.54, 1.807) is 6.92 Å². The van der Waals surface area contributed by atoms with Gasteiger partial charge < -0.3 is 0 Å². The molecule has 0 N–H and O–H groups in total. The first-order chi connectivity index (χ1) is 6.37. The Morgan fingerprint density at radius 2 is 1.71 bits per heavy atom. The molecule has 1 rings (SSSR count). The van der Waals surface area contributed by atoms with Crippen molar-refractivity contribution in [3.8, 4) is 0 Å². The van der Waals surface area contributed by atoms with Crippen molar-refractivity contribution in [1.82, 2.24) is 0 Å². The largest absolute Gasteiger partial charge is 0.206 e. The Morgan fingerprint density at radius 1 is 1.21 bits per heavy atom. The van der Waals surface area contributed by atoms with Crippen LogP contribution in [-0.2, 0) is 0 Å². The van der Waals surface area contributed by atoms with Crippen molar-refractivity contribution in [2.24, 2.45) is 0 Å². The van der Waals surface area contributed by atoms with Gasteiger partial charge in [-0.15, -0.1) is 9.24 Å². The summed E-state index contributed by atoms with van der Waals surface area (Å²) >= 11 is 0. The molecule has 0 bridgehead atoms. The molecule has 1 unspecified atom stereocenters. The van der Waals surface area contributed by atoms with Crippen molar-refractivity contribution in [1.29, 1.82) is 0 Å². The van der Waals surface area contributed by atoms with E-state index in [0.29, 0.717) is 21.8 Å². The summed E-state index contributed by atoms with van der Waals surface area (Å²) in [5.41, 5.74) is 2.08. The molecule has 0 fully saturated rings. The van der Waals surface area contributed by atoms with Gasteiger partial charge in [-0.25, -0.2) is 4.39 Å². The molecule has 4 radical (unpaired) electrons. The minimum Gasteiger partial charge on any atom is -0.206 e. The predicted octanol–water partition coefficient (Wildman–Crippen LogP) is 0.346. The van der Waals surface area contributed by atoms with Crippen LogP contribution < -0.4 is 16.2 Å². The first-order valence-corrected chi connectivity index (χ1v) is 5.08. The molecule has 0 amide bonds. The number of rotatable bonds is 1. The third-order valence-corrected chi connectivity index (χ3v) is 2.98. The first kappa shape index (κ1) is 11.8. The van der Waals surface area contributed by atoms with Crippen LogP contribution in [0.1, 0.15) is 30.9 Å². The number of benzene rings is 1. The van der Waals surface area contributed by atoms with Crippen LogP contribution in [0.5, 0.6) is 0 Å². The van der Waals surface area contributed by atoms with Gasteiger partial charge >= 0.3 is 0 Å². The van der Waals surface area contributed by atoms with Crippen molar-refractivity contribution < 1.29 is 4.39 Å². The summed E-state index contributed by atoms with van der Waals surface area (Å²) in [6, 6.07) is 0. The Hall–Kier alpha value is -0.290. The normalized spacial score (nSPS) is 11.0. The summed E-state index contributed by atoms with van der Waals surface area (Å²) < 4.78 is 13.6. The van der Waals surface area contributed by atoms with Crippen LogP contribution in [0.4, 0.5) is 4.39 Å². The lowest BCUT2D eigenvalue weighted by molar-refractivity contribution is 0.626. The van der Waals surface area contributed by atoms with Crippen molar-refractivity contribution in [2.45, 2.75) is 26.7 Å². The highest BCUT2D eigenvalue weighted by molar-refractivity contribution is 7.27. The Bertz CT molecular complexity index is 346. The molecule has 1 aromatic carbocycles. The monoisotopic (exact) mass is 204 g/mol. The zero-order chi connectivity index (χ0) is 11.0.